The van der Waals surface area contributed by atoms with Crippen LogP contribution in [0.3, 0.4) is 0 Å². The monoisotopic (exact) mass is 380 g/mol. The maximum Gasteiger partial charge on any atom is 0.410 e. The lowest BCUT2D eigenvalue weighted by Gasteiger charge is -2.32. The highest BCUT2D eigenvalue weighted by atomic mass is 79.9. The van der Waals surface area contributed by atoms with Crippen LogP contribution in [0.1, 0.15) is 45.2 Å². The first-order chi connectivity index (χ1) is 10.8. The fourth-order valence-electron chi connectivity index (χ4n) is 2.89. The molecule has 0 spiro atoms. The molecule has 0 saturated carbocycles. The van der Waals surface area contributed by atoms with Gasteiger partial charge in [0.2, 0.25) is 0 Å². The first-order valence-electron chi connectivity index (χ1n) is 7.86. The van der Waals surface area contributed by atoms with Crippen molar-refractivity contribution in [2.75, 3.05) is 13.1 Å². The van der Waals surface area contributed by atoms with E-state index in [1.54, 1.807) is 4.90 Å². The Hall–Kier alpha value is -1.56. The molecule has 6 heteroatoms. The Morgan fingerprint density at radius 1 is 1.35 bits per heavy atom. The predicted octanol–water partition coefficient (Wildman–Crippen LogP) is 4.70. The number of carbonyl (C=O) groups excluding carboxylic acids is 1. The van der Waals surface area contributed by atoms with Gasteiger partial charge in [-0.15, -0.1) is 0 Å². The topological polar surface area (TPSA) is 55.6 Å². The highest BCUT2D eigenvalue weighted by Crippen LogP contribution is 2.34. The lowest BCUT2D eigenvalue weighted by atomic mass is 9.92. The Balaban J connectivity index is 1.69. The summed E-state index contributed by atoms with van der Waals surface area (Å²) in [7, 11) is 0. The number of hydrogen-bond acceptors (Lipinski definition) is 4. The van der Waals surface area contributed by atoms with Crippen LogP contribution < -0.4 is 0 Å². The Labute approximate surface area is 144 Å². The Morgan fingerprint density at radius 3 is 2.70 bits per heavy atom. The van der Waals surface area contributed by atoms with Gasteiger partial charge in [0.05, 0.1) is 5.69 Å². The van der Waals surface area contributed by atoms with E-state index in [1.165, 1.54) is 0 Å². The molecule has 0 aliphatic carbocycles. The van der Waals surface area contributed by atoms with Gasteiger partial charge in [-0.2, -0.15) is 0 Å². The maximum absolute atomic E-state index is 12.1. The summed E-state index contributed by atoms with van der Waals surface area (Å²) >= 11 is 3.49. The molecule has 2 heterocycles. The highest BCUT2D eigenvalue weighted by molar-refractivity contribution is 9.10. The van der Waals surface area contributed by atoms with Gasteiger partial charge in [0.1, 0.15) is 5.60 Å². The normalized spacial score (nSPS) is 16.8. The zero-order valence-corrected chi connectivity index (χ0v) is 15.2. The van der Waals surface area contributed by atoms with Gasteiger partial charge in [0.25, 0.3) is 0 Å². The molecule has 1 aliphatic rings. The molecule has 124 valence electrons. The number of piperidine rings is 1. The van der Waals surface area contributed by atoms with Crippen molar-refractivity contribution in [2.45, 2.75) is 45.1 Å². The zero-order chi connectivity index (χ0) is 16.6. The van der Waals surface area contributed by atoms with Crippen LogP contribution in [-0.4, -0.2) is 34.8 Å². The molecule has 0 unspecified atom stereocenters. The van der Waals surface area contributed by atoms with E-state index in [9.17, 15) is 4.79 Å². The highest BCUT2D eigenvalue weighted by Gasteiger charge is 2.29. The molecule has 23 heavy (non-hydrogen) atoms. The number of carbonyl (C=O) groups is 1. The van der Waals surface area contributed by atoms with Crippen LogP contribution in [0.2, 0.25) is 0 Å². The van der Waals surface area contributed by atoms with Crippen molar-refractivity contribution in [1.29, 1.82) is 0 Å². The molecule has 1 amide bonds. The second-order valence-corrected chi connectivity index (χ2v) is 7.87. The second kappa shape index (κ2) is 6.15. The SMILES string of the molecule is CC(C)(C)OC(=O)N1CCC(c2noc3ccc(Br)cc23)CC1. The van der Waals surface area contributed by atoms with Crippen LogP contribution in [0, 0.1) is 0 Å². The average molecular weight is 381 g/mol. The molecule has 3 rings (SSSR count). The van der Waals surface area contributed by atoms with E-state index < -0.39 is 5.60 Å². The first-order valence-corrected chi connectivity index (χ1v) is 8.65. The minimum atomic E-state index is -0.456. The van der Waals surface area contributed by atoms with Gasteiger partial charge in [-0.3, -0.25) is 0 Å². The molecule has 5 nitrogen and oxygen atoms in total. The van der Waals surface area contributed by atoms with Crippen molar-refractivity contribution in [3.63, 3.8) is 0 Å². The van der Waals surface area contributed by atoms with Crippen LogP contribution in [0.4, 0.5) is 4.79 Å². The molecule has 2 aromatic rings. The van der Waals surface area contributed by atoms with Crippen LogP contribution in [0.15, 0.2) is 27.2 Å². The number of fused-ring (bicyclic) bond motifs is 1. The summed E-state index contributed by atoms with van der Waals surface area (Å²) in [5.41, 5.74) is 1.34. The summed E-state index contributed by atoms with van der Waals surface area (Å²) < 4.78 is 11.9. The van der Waals surface area contributed by atoms with E-state index in [1.807, 2.05) is 39.0 Å². The number of amides is 1. The fourth-order valence-corrected chi connectivity index (χ4v) is 3.25. The number of likely N-dealkylation sites (tertiary alicyclic amines) is 1. The smallest absolute Gasteiger partial charge is 0.410 e. The molecule has 1 aliphatic heterocycles. The molecule has 0 N–H and O–H groups in total. The van der Waals surface area contributed by atoms with Gasteiger partial charge in [0.15, 0.2) is 5.58 Å². The number of rotatable bonds is 1. The molecular formula is C17H21BrN2O3. The van der Waals surface area contributed by atoms with Crippen LogP contribution in [-0.2, 0) is 4.74 Å². The van der Waals surface area contributed by atoms with E-state index in [-0.39, 0.29) is 6.09 Å². The minimum absolute atomic E-state index is 0.233. The number of ether oxygens (including phenoxy) is 1. The van der Waals surface area contributed by atoms with E-state index in [4.69, 9.17) is 9.26 Å². The first kappa shape index (κ1) is 16.3. The average Bonchev–Trinajstić information content (AvgIpc) is 2.88. The van der Waals surface area contributed by atoms with Crippen molar-refractivity contribution in [2.24, 2.45) is 0 Å². The number of hydrogen-bond donors (Lipinski definition) is 0. The lowest BCUT2D eigenvalue weighted by molar-refractivity contribution is 0.0204. The quantitative estimate of drug-likeness (QED) is 0.718. The second-order valence-electron chi connectivity index (χ2n) is 6.95. The molecule has 1 fully saturated rings. The van der Waals surface area contributed by atoms with E-state index in [0.29, 0.717) is 19.0 Å². The summed E-state index contributed by atoms with van der Waals surface area (Å²) in [6, 6.07) is 5.91. The standard InChI is InChI=1S/C17H21BrN2O3/c1-17(2,3)22-16(21)20-8-6-11(7-9-20)15-13-10-12(18)4-5-14(13)23-19-15/h4-5,10-11H,6-9H2,1-3H3. The lowest BCUT2D eigenvalue weighted by Crippen LogP contribution is -2.41. The van der Waals surface area contributed by atoms with Gasteiger partial charge in [-0.05, 0) is 51.8 Å². The molecule has 0 bridgehead atoms. The molecule has 1 aromatic carbocycles. The van der Waals surface area contributed by atoms with Crippen LogP contribution in [0.5, 0.6) is 0 Å². The minimum Gasteiger partial charge on any atom is -0.444 e. The molecule has 1 aromatic heterocycles. The van der Waals surface area contributed by atoms with E-state index in [2.05, 4.69) is 21.1 Å². The Bertz CT molecular complexity index is 712. The molecule has 1 saturated heterocycles. The molecular weight excluding hydrogens is 360 g/mol. The Morgan fingerprint density at radius 2 is 2.04 bits per heavy atom. The summed E-state index contributed by atoms with van der Waals surface area (Å²) in [5, 5.41) is 5.31. The summed E-state index contributed by atoms with van der Waals surface area (Å²) in [6.07, 6.45) is 1.50. The van der Waals surface area contributed by atoms with Crippen molar-refractivity contribution in [1.82, 2.24) is 10.1 Å². The van der Waals surface area contributed by atoms with Crippen molar-refractivity contribution in [3.8, 4) is 0 Å². The fraction of sp³-hybridized carbons (Fsp3) is 0.529. The van der Waals surface area contributed by atoms with Crippen molar-refractivity contribution >= 4 is 33.0 Å². The van der Waals surface area contributed by atoms with Crippen molar-refractivity contribution in [3.05, 3.63) is 28.4 Å². The third-order valence-electron chi connectivity index (χ3n) is 3.99. The van der Waals surface area contributed by atoms with E-state index in [0.717, 1.165) is 34.0 Å². The predicted molar refractivity (Wildman–Crippen MR) is 91.5 cm³/mol. The van der Waals surface area contributed by atoms with E-state index >= 15 is 0 Å². The molecule has 0 radical (unpaired) electrons. The summed E-state index contributed by atoms with van der Waals surface area (Å²) in [5.74, 6) is 0.309. The van der Waals surface area contributed by atoms with Crippen LogP contribution in [0.25, 0.3) is 11.0 Å². The van der Waals surface area contributed by atoms with Gasteiger partial charge < -0.3 is 14.2 Å². The number of halogens is 1. The molecule has 0 atom stereocenters. The summed E-state index contributed by atoms with van der Waals surface area (Å²) in [4.78, 5) is 13.9. The number of nitrogens with zero attached hydrogens (tertiary/aromatic N) is 2. The Kier molecular flexibility index (Phi) is 4.36. The third-order valence-corrected chi connectivity index (χ3v) is 4.49. The van der Waals surface area contributed by atoms with Crippen molar-refractivity contribution < 1.29 is 14.1 Å². The third kappa shape index (κ3) is 3.68. The van der Waals surface area contributed by atoms with Gasteiger partial charge >= 0.3 is 6.09 Å². The number of benzene rings is 1. The van der Waals surface area contributed by atoms with Crippen LogP contribution >= 0.6 is 15.9 Å². The van der Waals surface area contributed by atoms with Gasteiger partial charge in [-0.25, -0.2) is 4.79 Å². The van der Waals surface area contributed by atoms with Gasteiger partial charge in [-0.1, -0.05) is 21.1 Å². The maximum atomic E-state index is 12.1. The van der Waals surface area contributed by atoms with Gasteiger partial charge in [0, 0.05) is 28.9 Å². The zero-order valence-electron chi connectivity index (χ0n) is 13.6. The largest absolute Gasteiger partial charge is 0.444 e. The summed E-state index contributed by atoms with van der Waals surface area (Å²) in [6.45, 7) is 7.02. The number of aromatic nitrogens is 1.